The minimum atomic E-state index is -0.547. The fraction of sp³-hybridized carbons (Fsp3) is 0.450. The van der Waals surface area contributed by atoms with Crippen molar-refractivity contribution in [2.75, 3.05) is 27.4 Å². The van der Waals surface area contributed by atoms with Gasteiger partial charge in [0.25, 0.3) is 0 Å². The van der Waals surface area contributed by atoms with Crippen LogP contribution in [0.3, 0.4) is 0 Å². The zero-order valence-electron chi connectivity index (χ0n) is 16.9. The standard InChI is InChI=1S/C20H29N3O5/c1-13(2)17(19(25)27-4)16(18(24)26-3)12-14-6-8-15(9-7-14)28-11-5-10-23-20(21)22/h6-9,13H,5,10-12H2,1-4H3,(H4,21,22,23)/b17-16-. The van der Waals surface area contributed by atoms with Crippen LogP contribution in [0.4, 0.5) is 0 Å². The fourth-order valence-corrected chi connectivity index (χ4v) is 2.59. The molecule has 1 aromatic rings. The van der Waals surface area contributed by atoms with Crippen LogP contribution >= 0.6 is 0 Å². The molecular formula is C20H29N3O5. The first-order valence-corrected chi connectivity index (χ1v) is 8.96. The zero-order chi connectivity index (χ0) is 21.1. The molecule has 0 fully saturated rings. The molecule has 28 heavy (non-hydrogen) atoms. The van der Waals surface area contributed by atoms with Gasteiger partial charge in [-0.25, -0.2) is 9.59 Å². The lowest BCUT2D eigenvalue weighted by atomic mass is 9.93. The van der Waals surface area contributed by atoms with Crippen LogP contribution in [0, 0.1) is 5.92 Å². The summed E-state index contributed by atoms with van der Waals surface area (Å²) in [5.41, 5.74) is 12.0. The highest BCUT2D eigenvalue weighted by Gasteiger charge is 2.25. The average Bonchev–Trinajstić information content (AvgIpc) is 2.67. The van der Waals surface area contributed by atoms with Crippen LogP contribution in [0.1, 0.15) is 25.8 Å². The quantitative estimate of drug-likeness (QED) is 0.204. The van der Waals surface area contributed by atoms with E-state index in [1.807, 2.05) is 26.0 Å². The third kappa shape index (κ3) is 7.30. The third-order valence-corrected chi connectivity index (χ3v) is 3.91. The number of ether oxygens (including phenoxy) is 3. The van der Waals surface area contributed by atoms with Gasteiger partial charge in [-0.3, -0.25) is 4.99 Å². The van der Waals surface area contributed by atoms with Crippen molar-refractivity contribution in [1.29, 1.82) is 0 Å². The second kappa shape index (κ2) is 11.6. The van der Waals surface area contributed by atoms with Gasteiger partial charge in [-0.2, -0.15) is 0 Å². The molecule has 0 saturated carbocycles. The molecule has 4 N–H and O–H groups in total. The number of hydrogen-bond acceptors (Lipinski definition) is 6. The first-order chi connectivity index (χ1) is 13.3. The smallest absolute Gasteiger partial charge is 0.334 e. The number of carbonyl (C=O) groups excluding carboxylic acids is 2. The Bertz CT molecular complexity index is 720. The average molecular weight is 391 g/mol. The van der Waals surface area contributed by atoms with E-state index in [4.69, 9.17) is 25.7 Å². The summed E-state index contributed by atoms with van der Waals surface area (Å²) in [7, 11) is 2.58. The van der Waals surface area contributed by atoms with Gasteiger partial charge in [0.1, 0.15) is 5.75 Å². The Morgan fingerprint density at radius 2 is 1.64 bits per heavy atom. The normalized spacial score (nSPS) is 11.5. The maximum atomic E-state index is 12.3. The van der Waals surface area contributed by atoms with Crippen molar-refractivity contribution in [3.8, 4) is 5.75 Å². The number of methoxy groups -OCH3 is 2. The topological polar surface area (TPSA) is 126 Å². The maximum absolute atomic E-state index is 12.3. The van der Waals surface area contributed by atoms with E-state index in [0.29, 0.717) is 30.9 Å². The molecule has 0 aliphatic rings. The third-order valence-electron chi connectivity index (χ3n) is 3.91. The number of benzene rings is 1. The second-order valence-corrected chi connectivity index (χ2v) is 6.36. The SMILES string of the molecule is COC(=O)/C(Cc1ccc(OCCCN=C(N)N)cc1)=C(\C(=O)OC)C(C)C. The molecule has 0 aliphatic carbocycles. The molecule has 0 atom stereocenters. The van der Waals surface area contributed by atoms with E-state index in [1.165, 1.54) is 14.2 Å². The monoisotopic (exact) mass is 391 g/mol. The molecule has 1 rings (SSSR count). The summed E-state index contributed by atoms with van der Waals surface area (Å²) in [4.78, 5) is 28.3. The van der Waals surface area contributed by atoms with Crippen molar-refractivity contribution >= 4 is 17.9 Å². The molecule has 0 aromatic heterocycles. The summed E-state index contributed by atoms with van der Waals surface area (Å²) in [5, 5.41) is 0. The lowest BCUT2D eigenvalue weighted by molar-refractivity contribution is -0.139. The van der Waals surface area contributed by atoms with E-state index in [9.17, 15) is 9.59 Å². The number of nitrogens with zero attached hydrogens (tertiary/aromatic N) is 1. The molecule has 0 bridgehead atoms. The molecule has 0 heterocycles. The van der Waals surface area contributed by atoms with E-state index in [2.05, 4.69) is 4.99 Å². The first kappa shape index (κ1) is 23.0. The van der Waals surface area contributed by atoms with E-state index in [1.54, 1.807) is 12.1 Å². The first-order valence-electron chi connectivity index (χ1n) is 8.96. The molecule has 0 radical (unpaired) electrons. The molecule has 8 heteroatoms. The van der Waals surface area contributed by atoms with Crippen LogP contribution in [0.2, 0.25) is 0 Å². The van der Waals surface area contributed by atoms with Crippen molar-refractivity contribution in [2.45, 2.75) is 26.7 Å². The molecule has 0 aliphatic heterocycles. The summed E-state index contributed by atoms with van der Waals surface area (Å²) in [6.45, 7) is 4.63. The van der Waals surface area contributed by atoms with Gasteiger partial charge in [-0.15, -0.1) is 0 Å². The Balaban J connectivity index is 2.89. The van der Waals surface area contributed by atoms with Gasteiger partial charge in [-0.1, -0.05) is 26.0 Å². The molecule has 8 nitrogen and oxygen atoms in total. The number of aliphatic imine (C=N–C) groups is 1. The lowest BCUT2D eigenvalue weighted by Crippen LogP contribution is -2.23. The van der Waals surface area contributed by atoms with Crippen LogP contribution in [0.25, 0.3) is 0 Å². The van der Waals surface area contributed by atoms with Gasteiger partial charge >= 0.3 is 11.9 Å². The number of hydrogen-bond donors (Lipinski definition) is 2. The van der Waals surface area contributed by atoms with Gasteiger partial charge in [0.2, 0.25) is 0 Å². The molecular weight excluding hydrogens is 362 g/mol. The highest BCUT2D eigenvalue weighted by molar-refractivity contribution is 6.00. The van der Waals surface area contributed by atoms with Crippen LogP contribution in [-0.4, -0.2) is 45.3 Å². The molecule has 0 saturated heterocycles. The highest BCUT2D eigenvalue weighted by Crippen LogP contribution is 2.23. The predicted molar refractivity (Wildman–Crippen MR) is 107 cm³/mol. The van der Waals surface area contributed by atoms with E-state index in [0.717, 1.165) is 5.56 Å². The summed E-state index contributed by atoms with van der Waals surface area (Å²) in [6.07, 6.45) is 0.936. The van der Waals surface area contributed by atoms with Crippen LogP contribution in [0.15, 0.2) is 40.4 Å². The van der Waals surface area contributed by atoms with Crippen molar-refractivity contribution in [1.82, 2.24) is 0 Å². The van der Waals surface area contributed by atoms with Crippen molar-refractivity contribution < 1.29 is 23.8 Å². The summed E-state index contributed by atoms with van der Waals surface area (Å²) in [6, 6.07) is 7.28. The summed E-state index contributed by atoms with van der Waals surface area (Å²) >= 11 is 0. The Morgan fingerprint density at radius 1 is 1.04 bits per heavy atom. The fourth-order valence-electron chi connectivity index (χ4n) is 2.59. The van der Waals surface area contributed by atoms with E-state index >= 15 is 0 Å². The van der Waals surface area contributed by atoms with Gasteiger partial charge in [0, 0.05) is 19.4 Å². The number of esters is 2. The Kier molecular flexibility index (Phi) is 9.56. The summed E-state index contributed by atoms with van der Waals surface area (Å²) < 4.78 is 15.3. The van der Waals surface area contributed by atoms with Crippen LogP contribution < -0.4 is 16.2 Å². The Hall–Kier alpha value is -3.03. The highest BCUT2D eigenvalue weighted by atomic mass is 16.5. The molecule has 0 unspecified atom stereocenters. The molecule has 0 amide bonds. The zero-order valence-corrected chi connectivity index (χ0v) is 16.9. The number of rotatable bonds is 10. The molecule has 0 spiro atoms. The second-order valence-electron chi connectivity index (χ2n) is 6.36. The number of nitrogens with two attached hydrogens (primary N) is 2. The van der Waals surface area contributed by atoms with Crippen molar-refractivity contribution in [3.05, 3.63) is 41.0 Å². The van der Waals surface area contributed by atoms with Gasteiger partial charge in [0.05, 0.1) is 32.0 Å². The van der Waals surface area contributed by atoms with Crippen LogP contribution in [0.5, 0.6) is 5.75 Å². The van der Waals surface area contributed by atoms with Crippen molar-refractivity contribution in [3.63, 3.8) is 0 Å². The molecule has 154 valence electrons. The van der Waals surface area contributed by atoms with Crippen molar-refractivity contribution in [2.24, 2.45) is 22.4 Å². The summed E-state index contributed by atoms with van der Waals surface area (Å²) in [5.74, 6) is -0.514. The Labute approximate surface area is 165 Å². The molecule has 1 aromatic carbocycles. The minimum absolute atomic E-state index is 0.0616. The number of guanidine groups is 1. The van der Waals surface area contributed by atoms with Crippen LogP contribution in [-0.2, 0) is 25.5 Å². The maximum Gasteiger partial charge on any atom is 0.334 e. The predicted octanol–water partition coefficient (Wildman–Crippen LogP) is 1.57. The van der Waals surface area contributed by atoms with Gasteiger partial charge in [0.15, 0.2) is 5.96 Å². The number of carbonyl (C=O) groups is 2. The van der Waals surface area contributed by atoms with Gasteiger partial charge < -0.3 is 25.7 Å². The van der Waals surface area contributed by atoms with E-state index in [-0.39, 0.29) is 23.9 Å². The van der Waals surface area contributed by atoms with Gasteiger partial charge in [-0.05, 0) is 23.6 Å². The largest absolute Gasteiger partial charge is 0.494 e. The van der Waals surface area contributed by atoms with E-state index < -0.39 is 11.9 Å². The lowest BCUT2D eigenvalue weighted by Gasteiger charge is -2.15. The minimum Gasteiger partial charge on any atom is -0.494 e. The Morgan fingerprint density at radius 3 is 2.14 bits per heavy atom.